The summed E-state index contributed by atoms with van der Waals surface area (Å²) in [5.41, 5.74) is 0.506. The van der Waals surface area contributed by atoms with Gasteiger partial charge >= 0.3 is 0 Å². The van der Waals surface area contributed by atoms with Crippen LogP contribution in [0.25, 0.3) is 0 Å². The van der Waals surface area contributed by atoms with Crippen molar-refractivity contribution in [1.29, 1.82) is 0 Å². The Labute approximate surface area is 146 Å². The molecule has 2 fully saturated rings. The molecule has 4 heterocycles. The van der Waals surface area contributed by atoms with Crippen molar-refractivity contribution in [3.63, 3.8) is 0 Å². The third kappa shape index (κ3) is 3.22. The molecule has 0 spiro atoms. The minimum absolute atomic E-state index is 0.0463. The third-order valence-electron chi connectivity index (χ3n) is 5.13. The summed E-state index contributed by atoms with van der Waals surface area (Å²) in [6.45, 7) is 2.57. The Bertz CT molecular complexity index is 725. The Balaban J connectivity index is 1.50. The van der Waals surface area contributed by atoms with Crippen LogP contribution in [0.5, 0.6) is 5.88 Å². The van der Waals surface area contributed by atoms with Gasteiger partial charge in [0, 0.05) is 49.9 Å². The van der Waals surface area contributed by atoms with Crippen LogP contribution in [0.4, 0.5) is 0 Å². The van der Waals surface area contributed by atoms with Gasteiger partial charge in [-0.15, -0.1) is 0 Å². The maximum absolute atomic E-state index is 12.8. The van der Waals surface area contributed by atoms with Gasteiger partial charge in [-0.3, -0.25) is 9.78 Å². The molecule has 0 unspecified atom stereocenters. The molecule has 2 aromatic rings. The van der Waals surface area contributed by atoms with E-state index in [1.165, 1.54) is 0 Å². The van der Waals surface area contributed by atoms with Gasteiger partial charge in [-0.25, -0.2) is 4.98 Å². The van der Waals surface area contributed by atoms with E-state index < -0.39 is 0 Å². The Kier molecular flexibility index (Phi) is 4.36. The summed E-state index contributed by atoms with van der Waals surface area (Å²) in [6.07, 6.45) is 6.89. The van der Waals surface area contributed by atoms with E-state index in [0.717, 1.165) is 12.8 Å². The van der Waals surface area contributed by atoms with Gasteiger partial charge < -0.3 is 14.4 Å². The Morgan fingerprint density at radius 2 is 2.16 bits per heavy atom. The molecule has 2 aliphatic rings. The first-order chi connectivity index (χ1) is 12.3. The van der Waals surface area contributed by atoms with E-state index >= 15 is 0 Å². The molecular weight excluding hydrogens is 318 g/mol. The van der Waals surface area contributed by atoms with E-state index in [2.05, 4.69) is 9.97 Å². The first-order valence-corrected chi connectivity index (χ1v) is 8.62. The van der Waals surface area contributed by atoms with Crippen LogP contribution in [0.2, 0.25) is 0 Å². The second-order valence-electron chi connectivity index (χ2n) is 6.68. The van der Waals surface area contributed by atoms with Crippen molar-refractivity contribution < 1.29 is 14.3 Å². The van der Waals surface area contributed by atoms with Gasteiger partial charge in [0.25, 0.3) is 5.91 Å². The number of nitrogens with zero attached hydrogens (tertiary/aromatic N) is 3. The molecule has 1 amide bonds. The van der Waals surface area contributed by atoms with E-state index in [1.807, 2.05) is 23.1 Å². The summed E-state index contributed by atoms with van der Waals surface area (Å²) >= 11 is 0. The van der Waals surface area contributed by atoms with Crippen molar-refractivity contribution >= 4 is 5.91 Å². The minimum atomic E-state index is -0.168. The van der Waals surface area contributed by atoms with Gasteiger partial charge in [0.1, 0.15) is 0 Å². The summed E-state index contributed by atoms with van der Waals surface area (Å²) in [6, 6.07) is 9.14. The van der Waals surface area contributed by atoms with Gasteiger partial charge in [0.15, 0.2) is 0 Å². The van der Waals surface area contributed by atoms with E-state index in [1.54, 1.807) is 30.7 Å². The zero-order chi connectivity index (χ0) is 17.1. The van der Waals surface area contributed by atoms with Crippen LogP contribution >= 0.6 is 0 Å². The number of fused-ring (bicyclic) bond motifs is 1. The topological polar surface area (TPSA) is 64.6 Å². The smallest absolute Gasteiger partial charge is 0.253 e. The highest BCUT2D eigenvalue weighted by Gasteiger charge is 2.49. The predicted molar refractivity (Wildman–Crippen MR) is 91.3 cm³/mol. The minimum Gasteiger partial charge on any atom is -0.477 e. The van der Waals surface area contributed by atoms with Crippen LogP contribution in [-0.4, -0.2) is 53.2 Å². The molecule has 0 N–H and O–H groups in total. The van der Waals surface area contributed by atoms with E-state index in [-0.39, 0.29) is 17.4 Å². The molecule has 6 nitrogen and oxygen atoms in total. The number of rotatable bonds is 4. The monoisotopic (exact) mass is 339 g/mol. The molecule has 2 aliphatic heterocycles. The summed E-state index contributed by atoms with van der Waals surface area (Å²) in [4.78, 5) is 22.9. The van der Waals surface area contributed by atoms with E-state index in [4.69, 9.17) is 9.47 Å². The lowest BCUT2D eigenvalue weighted by molar-refractivity contribution is -0.0332. The Hall–Kier alpha value is -2.47. The second-order valence-corrected chi connectivity index (χ2v) is 6.68. The molecule has 0 radical (unpaired) electrons. The summed E-state index contributed by atoms with van der Waals surface area (Å²) in [5.74, 6) is 0.657. The number of carbonyl (C=O) groups excluding carboxylic acids is 1. The van der Waals surface area contributed by atoms with Crippen LogP contribution < -0.4 is 4.74 Å². The lowest BCUT2D eigenvalue weighted by Crippen LogP contribution is -2.54. The lowest BCUT2D eigenvalue weighted by Gasteiger charge is -2.43. The maximum atomic E-state index is 12.8. The molecule has 0 saturated carbocycles. The lowest BCUT2D eigenvalue weighted by atomic mass is 9.77. The van der Waals surface area contributed by atoms with Crippen molar-refractivity contribution in [2.75, 3.05) is 26.3 Å². The molecule has 2 atom stereocenters. The fourth-order valence-corrected chi connectivity index (χ4v) is 3.76. The number of pyridine rings is 2. The number of likely N-dealkylation sites (tertiary alicyclic amines) is 1. The molecule has 2 saturated heterocycles. The normalized spacial score (nSPS) is 25.4. The molecule has 6 heteroatoms. The van der Waals surface area contributed by atoms with Crippen molar-refractivity contribution in [1.82, 2.24) is 14.9 Å². The Morgan fingerprint density at radius 3 is 2.96 bits per heavy atom. The average Bonchev–Trinajstić information content (AvgIpc) is 3.11. The zero-order valence-electron chi connectivity index (χ0n) is 14.0. The Morgan fingerprint density at radius 1 is 1.28 bits per heavy atom. The fourth-order valence-electron chi connectivity index (χ4n) is 3.76. The quantitative estimate of drug-likeness (QED) is 0.854. The van der Waals surface area contributed by atoms with Gasteiger partial charge in [-0.2, -0.15) is 0 Å². The van der Waals surface area contributed by atoms with Crippen molar-refractivity contribution in [3.8, 4) is 5.88 Å². The van der Waals surface area contributed by atoms with Crippen LogP contribution in [0.3, 0.4) is 0 Å². The van der Waals surface area contributed by atoms with Crippen molar-refractivity contribution in [2.45, 2.75) is 18.9 Å². The van der Waals surface area contributed by atoms with E-state index in [9.17, 15) is 4.79 Å². The molecule has 130 valence electrons. The number of ether oxygens (including phenoxy) is 2. The first-order valence-electron chi connectivity index (χ1n) is 8.62. The number of hydrogen-bond donors (Lipinski definition) is 0. The number of aromatic nitrogens is 2. The fraction of sp³-hybridized carbons (Fsp3) is 0.421. The number of carbonyl (C=O) groups is 1. The number of amides is 1. The van der Waals surface area contributed by atoms with E-state index in [0.29, 0.717) is 37.7 Å². The summed E-state index contributed by atoms with van der Waals surface area (Å²) in [5, 5.41) is 0. The molecular formula is C19H21N3O3. The molecule has 0 bridgehead atoms. The molecule has 4 rings (SSSR count). The second kappa shape index (κ2) is 6.80. The van der Waals surface area contributed by atoms with Crippen molar-refractivity contribution in [3.05, 3.63) is 54.5 Å². The van der Waals surface area contributed by atoms with Gasteiger partial charge in [-0.1, -0.05) is 6.07 Å². The number of hydrogen-bond acceptors (Lipinski definition) is 5. The molecule has 25 heavy (non-hydrogen) atoms. The molecule has 0 aliphatic carbocycles. The summed E-state index contributed by atoms with van der Waals surface area (Å²) < 4.78 is 11.9. The number of piperidine rings is 1. The van der Waals surface area contributed by atoms with Crippen LogP contribution in [-0.2, 0) is 4.74 Å². The largest absolute Gasteiger partial charge is 0.477 e. The van der Waals surface area contributed by atoms with Crippen LogP contribution in [0.15, 0.2) is 48.9 Å². The zero-order valence-corrected chi connectivity index (χ0v) is 14.0. The third-order valence-corrected chi connectivity index (χ3v) is 5.13. The predicted octanol–water partition coefficient (Wildman–Crippen LogP) is 2.18. The highest BCUT2D eigenvalue weighted by atomic mass is 16.5. The van der Waals surface area contributed by atoms with Gasteiger partial charge in [-0.05, 0) is 31.0 Å². The summed E-state index contributed by atoms with van der Waals surface area (Å²) in [7, 11) is 0. The van der Waals surface area contributed by atoms with Crippen LogP contribution in [0, 0.1) is 5.41 Å². The van der Waals surface area contributed by atoms with Gasteiger partial charge in [0.05, 0.1) is 18.1 Å². The first kappa shape index (κ1) is 16.0. The standard InChI is InChI=1S/C19H21N3O3/c23-18(15-4-9-20-10-5-15)22-11-6-16-19(13-22,7-12-24-16)14-25-17-3-1-2-8-21-17/h1-5,8-10,16H,6-7,11-14H2/t16-,19+/m0/s1. The molecule has 2 aromatic heterocycles. The highest BCUT2D eigenvalue weighted by Crippen LogP contribution is 2.41. The average molecular weight is 339 g/mol. The highest BCUT2D eigenvalue weighted by molar-refractivity contribution is 5.94. The maximum Gasteiger partial charge on any atom is 0.253 e. The SMILES string of the molecule is O=C(c1ccncc1)N1CC[C@@H]2OCC[C@]2(COc2ccccn2)C1. The molecule has 0 aromatic carbocycles. The van der Waals surface area contributed by atoms with Crippen LogP contribution in [0.1, 0.15) is 23.2 Å². The van der Waals surface area contributed by atoms with Crippen molar-refractivity contribution in [2.24, 2.45) is 5.41 Å². The van der Waals surface area contributed by atoms with Gasteiger partial charge in [0.2, 0.25) is 5.88 Å².